The van der Waals surface area contributed by atoms with Crippen molar-refractivity contribution in [2.45, 2.75) is 40.2 Å². The number of carbonyl (C=O) groups is 2. The molecule has 0 unspecified atom stereocenters. The number of carbonyl (C=O) groups excluding carboxylic acids is 2. The van der Waals surface area contributed by atoms with Crippen LogP contribution in [0.5, 0.6) is 0 Å². The van der Waals surface area contributed by atoms with Crippen LogP contribution in [0.1, 0.15) is 38.5 Å². The third-order valence-electron chi connectivity index (χ3n) is 4.45. The molecule has 25 heavy (non-hydrogen) atoms. The molecule has 0 fully saturated rings. The SMILES string of the molecule is CCC(=O)Nc1ccc(-c2cc3c(o2)CCN(C(=O)C(C)C)C3)cc1. The van der Waals surface area contributed by atoms with E-state index in [9.17, 15) is 9.59 Å². The number of fused-ring (bicyclic) bond motifs is 1. The van der Waals surface area contributed by atoms with Crippen LogP contribution in [-0.4, -0.2) is 23.3 Å². The Bertz CT molecular complexity index is 775. The van der Waals surface area contributed by atoms with Crippen LogP contribution in [0.3, 0.4) is 0 Å². The minimum absolute atomic E-state index is 0.00359. The average Bonchev–Trinajstić information content (AvgIpc) is 3.04. The predicted molar refractivity (Wildman–Crippen MR) is 97.0 cm³/mol. The zero-order valence-electron chi connectivity index (χ0n) is 15.0. The van der Waals surface area contributed by atoms with Crippen molar-refractivity contribution in [3.05, 3.63) is 41.7 Å². The Balaban J connectivity index is 1.75. The van der Waals surface area contributed by atoms with Crippen LogP contribution in [0, 0.1) is 5.92 Å². The van der Waals surface area contributed by atoms with Crippen molar-refractivity contribution in [1.29, 1.82) is 0 Å². The van der Waals surface area contributed by atoms with Gasteiger partial charge >= 0.3 is 0 Å². The van der Waals surface area contributed by atoms with E-state index < -0.39 is 0 Å². The zero-order chi connectivity index (χ0) is 18.0. The van der Waals surface area contributed by atoms with Crippen molar-refractivity contribution in [2.24, 2.45) is 5.92 Å². The number of furan rings is 1. The van der Waals surface area contributed by atoms with Crippen LogP contribution in [-0.2, 0) is 22.6 Å². The topological polar surface area (TPSA) is 62.6 Å². The summed E-state index contributed by atoms with van der Waals surface area (Å²) in [5.41, 5.74) is 2.82. The monoisotopic (exact) mass is 340 g/mol. The van der Waals surface area contributed by atoms with Crippen molar-refractivity contribution in [1.82, 2.24) is 4.90 Å². The number of amides is 2. The maximum atomic E-state index is 12.2. The summed E-state index contributed by atoms with van der Waals surface area (Å²) in [6.45, 7) is 7.00. The molecule has 2 heterocycles. The van der Waals surface area contributed by atoms with Gasteiger partial charge in [0.05, 0.1) is 0 Å². The summed E-state index contributed by atoms with van der Waals surface area (Å²) in [6.07, 6.45) is 1.21. The van der Waals surface area contributed by atoms with E-state index in [4.69, 9.17) is 4.42 Å². The maximum absolute atomic E-state index is 12.2. The van der Waals surface area contributed by atoms with Gasteiger partial charge in [-0.25, -0.2) is 0 Å². The van der Waals surface area contributed by atoms with E-state index in [1.54, 1.807) is 0 Å². The Kier molecular flexibility index (Phi) is 4.93. The second kappa shape index (κ2) is 7.13. The Labute approximate surface area is 148 Å². The molecule has 2 amide bonds. The minimum atomic E-state index is -0.00359. The number of hydrogen-bond acceptors (Lipinski definition) is 3. The van der Waals surface area contributed by atoms with Gasteiger partial charge in [0.15, 0.2) is 0 Å². The van der Waals surface area contributed by atoms with Gasteiger partial charge in [-0.15, -0.1) is 0 Å². The van der Waals surface area contributed by atoms with Crippen molar-refractivity contribution in [2.75, 3.05) is 11.9 Å². The molecule has 0 saturated heterocycles. The van der Waals surface area contributed by atoms with Gasteiger partial charge in [0.2, 0.25) is 11.8 Å². The van der Waals surface area contributed by atoms with E-state index in [-0.39, 0.29) is 17.7 Å². The number of nitrogens with zero attached hydrogens (tertiary/aromatic N) is 1. The summed E-state index contributed by atoms with van der Waals surface area (Å²) >= 11 is 0. The number of hydrogen-bond donors (Lipinski definition) is 1. The van der Waals surface area contributed by atoms with Crippen LogP contribution in [0.4, 0.5) is 5.69 Å². The molecule has 2 aromatic rings. The molecule has 0 spiro atoms. The summed E-state index contributed by atoms with van der Waals surface area (Å²) in [5, 5.41) is 2.83. The first-order valence-corrected chi connectivity index (χ1v) is 8.78. The molecule has 0 bridgehead atoms. The van der Waals surface area contributed by atoms with Gasteiger partial charge < -0.3 is 14.6 Å². The molecule has 1 aliphatic heterocycles. The number of anilines is 1. The van der Waals surface area contributed by atoms with E-state index in [2.05, 4.69) is 5.32 Å². The molecule has 1 N–H and O–H groups in total. The van der Waals surface area contributed by atoms with Crippen LogP contribution in [0.25, 0.3) is 11.3 Å². The van der Waals surface area contributed by atoms with Gasteiger partial charge in [0.25, 0.3) is 0 Å². The molecule has 0 saturated carbocycles. The fourth-order valence-corrected chi connectivity index (χ4v) is 3.00. The van der Waals surface area contributed by atoms with Crippen molar-refractivity contribution < 1.29 is 14.0 Å². The van der Waals surface area contributed by atoms with Crippen molar-refractivity contribution in [3.8, 4) is 11.3 Å². The van der Waals surface area contributed by atoms with Crippen LogP contribution < -0.4 is 5.32 Å². The summed E-state index contributed by atoms with van der Waals surface area (Å²) in [7, 11) is 0. The molecule has 1 aliphatic rings. The minimum Gasteiger partial charge on any atom is -0.461 e. The van der Waals surface area contributed by atoms with Gasteiger partial charge in [-0.2, -0.15) is 0 Å². The molecule has 3 rings (SSSR count). The standard InChI is InChI=1S/C20H24N2O3/c1-4-19(23)21-16-7-5-14(6-8-16)18-11-15-12-22(20(24)13(2)3)10-9-17(15)25-18/h5-8,11,13H,4,9-10,12H2,1-3H3,(H,21,23). The lowest BCUT2D eigenvalue weighted by molar-refractivity contribution is -0.135. The summed E-state index contributed by atoms with van der Waals surface area (Å²) < 4.78 is 6.00. The highest BCUT2D eigenvalue weighted by Crippen LogP contribution is 2.30. The summed E-state index contributed by atoms with van der Waals surface area (Å²) in [4.78, 5) is 25.5. The van der Waals surface area contributed by atoms with Gasteiger partial charge in [0, 0.05) is 48.7 Å². The Hall–Kier alpha value is -2.56. The van der Waals surface area contributed by atoms with E-state index in [1.165, 1.54) is 0 Å². The molecule has 1 aromatic carbocycles. The summed E-state index contributed by atoms with van der Waals surface area (Å²) in [5.74, 6) is 1.96. The molecule has 0 radical (unpaired) electrons. The Morgan fingerprint density at radius 3 is 2.60 bits per heavy atom. The molecule has 1 aromatic heterocycles. The molecular weight excluding hydrogens is 316 g/mol. The fourth-order valence-electron chi connectivity index (χ4n) is 3.00. The van der Waals surface area contributed by atoms with Crippen LogP contribution >= 0.6 is 0 Å². The van der Waals surface area contributed by atoms with E-state index >= 15 is 0 Å². The highest BCUT2D eigenvalue weighted by atomic mass is 16.3. The lowest BCUT2D eigenvalue weighted by Gasteiger charge is -2.27. The third kappa shape index (κ3) is 3.76. The van der Waals surface area contributed by atoms with E-state index in [1.807, 2.05) is 56.0 Å². The maximum Gasteiger partial charge on any atom is 0.225 e. The third-order valence-corrected chi connectivity index (χ3v) is 4.45. The highest BCUT2D eigenvalue weighted by Gasteiger charge is 2.25. The van der Waals surface area contributed by atoms with E-state index in [0.717, 1.165) is 34.8 Å². The van der Waals surface area contributed by atoms with Crippen LogP contribution in [0.15, 0.2) is 34.7 Å². The highest BCUT2D eigenvalue weighted by molar-refractivity contribution is 5.90. The largest absolute Gasteiger partial charge is 0.461 e. The summed E-state index contributed by atoms with van der Waals surface area (Å²) in [6, 6.07) is 9.64. The van der Waals surface area contributed by atoms with Gasteiger partial charge in [-0.3, -0.25) is 9.59 Å². The van der Waals surface area contributed by atoms with Crippen molar-refractivity contribution >= 4 is 17.5 Å². The van der Waals surface area contributed by atoms with Crippen LogP contribution in [0.2, 0.25) is 0 Å². The fraction of sp³-hybridized carbons (Fsp3) is 0.400. The number of benzene rings is 1. The Morgan fingerprint density at radius 2 is 1.96 bits per heavy atom. The molecule has 132 valence electrons. The molecule has 0 atom stereocenters. The average molecular weight is 340 g/mol. The number of rotatable bonds is 4. The molecule has 5 nitrogen and oxygen atoms in total. The lowest BCUT2D eigenvalue weighted by atomic mass is 10.1. The number of nitrogens with one attached hydrogen (secondary N) is 1. The van der Waals surface area contributed by atoms with Crippen molar-refractivity contribution in [3.63, 3.8) is 0 Å². The first kappa shape index (κ1) is 17.3. The smallest absolute Gasteiger partial charge is 0.225 e. The Morgan fingerprint density at radius 1 is 1.24 bits per heavy atom. The second-order valence-corrected chi connectivity index (χ2v) is 6.70. The first-order valence-electron chi connectivity index (χ1n) is 8.78. The first-order chi connectivity index (χ1) is 12.0. The molecule has 5 heteroatoms. The predicted octanol–water partition coefficient (Wildman–Crippen LogP) is 3.84. The van der Waals surface area contributed by atoms with Gasteiger partial charge in [-0.05, 0) is 30.3 Å². The zero-order valence-corrected chi connectivity index (χ0v) is 15.0. The molecular formula is C20H24N2O3. The van der Waals surface area contributed by atoms with Gasteiger partial charge in [-0.1, -0.05) is 20.8 Å². The lowest BCUT2D eigenvalue weighted by Crippen LogP contribution is -2.37. The second-order valence-electron chi connectivity index (χ2n) is 6.70. The molecule has 0 aliphatic carbocycles. The van der Waals surface area contributed by atoms with E-state index in [0.29, 0.717) is 19.5 Å². The quantitative estimate of drug-likeness (QED) is 0.920. The van der Waals surface area contributed by atoms with Gasteiger partial charge in [0.1, 0.15) is 11.5 Å². The normalized spacial score (nSPS) is 13.7.